The number of amides is 1. The van der Waals surface area contributed by atoms with Crippen LogP contribution in [0.1, 0.15) is 16.8 Å². The topological polar surface area (TPSA) is 73.6 Å². The van der Waals surface area contributed by atoms with Gasteiger partial charge in [0.2, 0.25) is 0 Å². The number of benzene rings is 1. The molecule has 5 nitrogen and oxygen atoms in total. The molecule has 0 atom stereocenters. The van der Waals surface area contributed by atoms with E-state index in [1.165, 1.54) is 0 Å². The summed E-state index contributed by atoms with van der Waals surface area (Å²) >= 11 is 0. The van der Waals surface area contributed by atoms with Crippen molar-refractivity contribution in [3.05, 3.63) is 35.9 Å². The van der Waals surface area contributed by atoms with Gasteiger partial charge in [0.1, 0.15) is 0 Å². The molecule has 1 amide bonds. The van der Waals surface area contributed by atoms with E-state index >= 15 is 0 Å². The van der Waals surface area contributed by atoms with Gasteiger partial charge in [-0.15, -0.1) is 0 Å². The van der Waals surface area contributed by atoms with Crippen LogP contribution in [0.4, 0.5) is 0 Å². The molecule has 0 aromatic heterocycles. The largest absolute Gasteiger partial charge is 0.394 e. The van der Waals surface area contributed by atoms with Crippen LogP contribution in [0.2, 0.25) is 0 Å². The fourth-order valence-corrected chi connectivity index (χ4v) is 1.60. The summed E-state index contributed by atoms with van der Waals surface area (Å²) in [4.78, 5) is 13.8. The highest BCUT2D eigenvalue weighted by molar-refractivity contribution is 5.94. The number of hydrogen-bond donors (Lipinski definition) is 1. The third-order valence-electron chi connectivity index (χ3n) is 2.54. The summed E-state index contributed by atoms with van der Waals surface area (Å²) < 4.78 is 5.15. The fourth-order valence-electron chi connectivity index (χ4n) is 1.60. The first-order valence-corrected chi connectivity index (χ1v) is 6.19. The highest BCUT2D eigenvalue weighted by Gasteiger charge is 2.14. The van der Waals surface area contributed by atoms with Crippen molar-refractivity contribution in [2.24, 2.45) is 0 Å². The summed E-state index contributed by atoms with van der Waals surface area (Å²) in [6, 6.07) is 11.0. The molecule has 0 bridgehead atoms. The van der Waals surface area contributed by atoms with Crippen LogP contribution in [0, 0.1) is 11.3 Å². The van der Waals surface area contributed by atoms with Gasteiger partial charge in [-0.3, -0.25) is 4.79 Å². The average Bonchev–Trinajstić information content (AvgIpc) is 2.47. The molecule has 0 aliphatic carbocycles. The Labute approximate surface area is 113 Å². The normalized spacial score (nSPS) is 9.89. The maximum Gasteiger partial charge on any atom is 0.253 e. The Morgan fingerprint density at radius 3 is 2.63 bits per heavy atom. The molecule has 0 fully saturated rings. The number of hydrogen-bond acceptors (Lipinski definition) is 4. The van der Waals surface area contributed by atoms with E-state index in [2.05, 4.69) is 0 Å². The summed E-state index contributed by atoms with van der Waals surface area (Å²) in [6.45, 7) is 1.36. The summed E-state index contributed by atoms with van der Waals surface area (Å²) in [6.07, 6.45) is 0.290. The van der Waals surface area contributed by atoms with E-state index in [4.69, 9.17) is 15.1 Å². The summed E-state index contributed by atoms with van der Waals surface area (Å²) in [7, 11) is 0. The van der Waals surface area contributed by atoms with Crippen molar-refractivity contribution in [2.75, 3.05) is 32.9 Å². The van der Waals surface area contributed by atoms with Crippen molar-refractivity contribution in [2.45, 2.75) is 6.42 Å². The van der Waals surface area contributed by atoms with Gasteiger partial charge in [0, 0.05) is 18.7 Å². The SMILES string of the molecule is N#CCCN(CCOCCO)C(=O)c1ccccc1. The van der Waals surface area contributed by atoms with Crippen molar-refractivity contribution < 1.29 is 14.6 Å². The number of aliphatic hydroxyl groups is 1. The second-order valence-corrected chi connectivity index (χ2v) is 3.90. The molecule has 0 saturated carbocycles. The standard InChI is InChI=1S/C14H18N2O3/c15-7-4-8-16(9-11-19-12-10-17)14(18)13-5-2-1-3-6-13/h1-3,5-6,17H,4,8-12H2. The van der Waals surface area contributed by atoms with E-state index in [9.17, 15) is 4.79 Å². The van der Waals surface area contributed by atoms with Crippen molar-refractivity contribution in [1.29, 1.82) is 5.26 Å². The van der Waals surface area contributed by atoms with Crippen molar-refractivity contribution in [3.8, 4) is 6.07 Å². The monoisotopic (exact) mass is 262 g/mol. The molecule has 0 radical (unpaired) electrons. The lowest BCUT2D eigenvalue weighted by atomic mass is 10.2. The lowest BCUT2D eigenvalue weighted by Gasteiger charge is -2.21. The van der Waals surface area contributed by atoms with Gasteiger partial charge in [-0.05, 0) is 12.1 Å². The zero-order chi connectivity index (χ0) is 13.9. The highest BCUT2D eigenvalue weighted by Crippen LogP contribution is 2.05. The minimum Gasteiger partial charge on any atom is -0.394 e. The molecule has 0 heterocycles. The molecule has 1 aromatic rings. The zero-order valence-corrected chi connectivity index (χ0v) is 10.8. The summed E-state index contributed by atoms with van der Waals surface area (Å²) in [5.41, 5.74) is 0.600. The summed E-state index contributed by atoms with van der Waals surface area (Å²) in [5, 5.41) is 17.2. The molecule has 0 saturated heterocycles. The first-order valence-electron chi connectivity index (χ1n) is 6.19. The minimum absolute atomic E-state index is 0.0369. The third kappa shape index (κ3) is 5.51. The lowest BCUT2D eigenvalue weighted by Crippen LogP contribution is -2.35. The van der Waals surface area contributed by atoms with Gasteiger partial charge in [-0.25, -0.2) is 0 Å². The van der Waals surface area contributed by atoms with E-state index in [0.717, 1.165) is 0 Å². The summed E-state index contributed by atoms with van der Waals surface area (Å²) in [5.74, 6) is -0.108. The van der Waals surface area contributed by atoms with Gasteiger partial charge in [-0.1, -0.05) is 18.2 Å². The minimum atomic E-state index is -0.108. The average molecular weight is 262 g/mol. The van der Waals surface area contributed by atoms with Crippen LogP contribution in [0.5, 0.6) is 0 Å². The molecule has 1 rings (SSSR count). The maximum atomic E-state index is 12.2. The number of aliphatic hydroxyl groups excluding tert-OH is 1. The predicted molar refractivity (Wildman–Crippen MR) is 70.5 cm³/mol. The highest BCUT2D eigenvalue weighted by atomic mass is 16.5. The van der Waals surface area contributed by atoms with Gasteiger partial charge in [0.15, 0.2) is 0 Å². The van der Waals surface area contributed by atoms with Crippen LogP contribution in [0.25, 0.3) is 0 Å². The predicted octanol–water partition coefficient (Wildman–Crippen LogP) is 1.05. The Kier molecular flexibility index (Phi) is 7.25. The van der Waals surface area contributed by atoms with Crippen LogP contribution in [-0.2, 0) is 4.74 Å². The molecule has 1 N–H and O–H groups in total. The third-order valence-corrected chi connectivity index (χ3v) is 2.54. The van der Waals surface area contributed by atoms with E-state index < -0.39 is 0 Å². The smallest absolute Gasteiger partial charge is 0.253 e. The number of carbonyl (C=O) groups excluding carboxylic acids is 1. The molecular weight excluding hydrogens is 244 g/mol. The lowest BCUT2D eigenvalue weighted by molar-refractivity contribution is 0.0572. The first-order chi connectivity index (χ1) is 9.29. The van der Waals surface area contributed by atoms with Gasteiger partial charge >= 0.3 is 0 Å². The number of rotatable bonds is 8. The Balaban J connectivity index is 2.57. The van der Waals surface area contributed by atoms with Crippen LogP contribution in [0.15, 0.2) is 30.3 Å². The number of nitriles is 1. The number of nitrogens with zero attached hydrogens (tertiary/aromatic N) is 2. The molecule has 0 aliphatic heterocycles. The maximum absolute atomic E-state index is 12.2. The van der Waals surface area contributed by atoms with Gasteiger partial charge in [-0.2, -0.15) is 5.26 Å². The quantitative estimate of drug-likeness (QED) is 0.711. The zero-order valence-electron chi connectivity index (χ0n) is 10.8. The molecular formula is C14H18N2O3. The van der Waals surface area contributed by atoms with Crippen molar-refractivity contribution in [3.63, 3.8) is 0 Å². The molecule has 19 heavy (non-hydrogen) atoms. The first kappa shape index (κ1) is 15.2. The van der Waals surface area contributed by atoms with Crippen LogP contribution >= 0.6 is 0 Å². The van der Waals surface area contributed by atoms with Crippen LogP contribution < -0.4 is 0 Å². The molecule has 0 aliphatic rings. The van der Waals surface area contributed by atoms with Crippen LogP contribution in [-0.4, -0.2) is 48.8 Å². The van der Waals surface area contributed by atoms with Crippen molar-refractivity contribution >= 4 is 5.91 Å². The number of carbonyl (C=O) groups is 1. The Bertz CT molecular complexity index is 414. The van der Waals surface area contributed by atoms with Gasteiger partial charge < -0.3 is 14.7 Å². The van der Waals surface area contributed by atoms with E-state index in [-0.39, 0.29) is 19.1 Å². The second kappa shape index (κ2) is 9.09. The van der Waals surface area contributed by atoms with E-state index in [1.54, 1.807) is 29.2 Å². The fraction of sp³-hybridized carbons (Fsp3) is 0.429. The Hall–Kier alpha value is -1.90. The molecule has 102 valence electrons. The van der Waals surface area contributed by atoms with Gasteiger partial charge in [0.25, 0.3) is 5.91 Å². The molecule has 0 unspecified atom stereocenters. The second-order valence-electron chi connectivity index (χ2n) is 3.90. The Morgan fingerprint density at radius 2 is 2.00 bits per heavy atom. The molecule has 1 aromatic carbocycles. The van der Waals surface area contributed by atoms with Crippen molar-refractivity contribution in [1.82, 2.24) is 4.90 Å². The number of ether oxygens (including phenoxy) is 1. The van der Waals surface area contributed by atoms with E-state index in [0.29, 0.717) is 31.7 Å². The molecule has 5 heteroatoms. The molecule has 0 spiro atoms. The van der Waals surface area contributed by atoms with Crippen LogP contribution in [0.3, 0.4) is 0 Å². The Morgan fingerprint density at radius 1 is 1.26 bits per heavy atom. The van der Waals surface area contributed by atoms with Gasteiger partial charge in [0.05, 0.1) is 32.3 Å². The van der Waals surface area contributed by atoms with E-state index in [1.807, 2.05) is 12.1 Å².